The van der Waals surface area contributed by atoms with Gasteiger partial charge in [-0.25, -0.2) is 4.98 Å². The Bertz CT molecular complexity index is 552. The van der Waals surface area contributed by atoms with E-state index in [9.17, 15) is 0 Å². The molecule has 0 spiro atoms. The molecule has 4 nitrogen and oxygen atoms in total. The zero-order chi connectivity index (χ0) is 14.9. The van der Waals surface area contributed by atoms with Crippen LogP contribution in [0.3, 0.4) is 0 Å². The van der Waals surface area contributed by atoms with Crippen LogP contribution < -0.4 is 5.73 Å². The molecule has 21 heavy (non-hydrogen) atoms. The van der Waals surface area contributed by atoms with Crippen molar-refractivity contribution >= 4 is 28.5 Å². The first-order valence-electron chi connectivity index (χ1n) is 6.88. The summed E-state index contributed by atoms with van der Waals surface area (Å²) >= 11 is 7.46. The standard InChI is InChI=1S/C15H19ClN4S/c16-13-5-3-12(4-6-13)7-8-19-15(17)21-9-1-2-14-10-18-11-20-14/h3-6,10-11H,1-2,7-9H2,(H2,17,19)(H,18,20). The predicted molar refractivity (Wildman–Crippen MR) is 91.0 cm³/mol. The highest BCUT2D eigenvalue weighted by molar-refractivity contribution is 8.13. The summed E-state index contributed by atoms with van der Waals surface area (Å²) < 4.78 is 0. The molecule has 0 aliphatic carbocycles. The molecule has 3 N–H and O–H groups in total. The van der Waals surface area contributed by atoms with E-state index in [0.717, 1.165) is 35.7 Å². The van der Waals surface area contributed by atoms with Crippen LogP contribution in [0.1, 0.15) is 17.7 Å². The Kier molecular flexibility index (Phi) is 6.63. The molecule has 0 aliphatic rings. The molecule has 0 amide bonds. The van der Waals surface area contributed by atoms with Crippen molar-refractivity contribution in [3.8, 4) is 0 Å². The average molecular weight is 323 g/mol. The first-order chi connectivity index (χ1) is 10.2. The van der Waals surface area contributed by atoms with E-state index in [1.807, 2.05) is 30.5 Å². The third kappa shape index (κ3) is 6.23. The number of nitrogens with two attached hydrogens (primary N) is 1. The number of nitrogens with one attached hydrogen (secondary N) is 1. The van der Waals surface area contributed by atoms with Crippen LogP contribution in [0.4, 0.5) is 0 Å². The van der Waals surface area contributed by atoms with Gasteiger partial charge in [0.2, 0.25) is 0 Å². The quantitative estimate of drug-likeness (QED) is 0.467. The van der Waals surface area contributed by atoms with E-state index in [4.69, 9.17) is 17.3 Å². The zero-order valence-corrected chi connectivity index (χ0v) is 13.3. The van der Waals surface area contributed by atoms with E-state index < -0.39 is 0 Å². The number of halogens is 1. The maximum atomic E-state index is 5.89. The number of aromatic nitrogens is 2. The van der Waals surface area contributed by atoms with Gasteiger partial charge < -0.3 is 10.7 Å². The van der Waals surface area contributed by atoms with Crippen LogP contribution in [0.15, 0.2) is 41.8 Å². The number of rotatable bonds is 7. The smallest absolute Gasteiger partial charge is 0.153 e. The number of aryl methyl sites for hydroxylation is 1. The highest BCUT2D eigenvalue weighted by Crippen LogP contribution is 2.10. The van der Waals surface area contributed by atoms with Crippen molar-refractivity contribution in [3.05, 3.63) is 53.1 Å². The number of nitrogens with zero attached hydrogens (tertiary/aromatic N) is 2. The molecule has 0 saturated carbocycles. The molecular formula is C15H19ClN4S. The van der Waals surface area contributed by atoms with Crippen molar-refractivity contribution in [3.63, 3.8) is 0 Å². The fourth-order valence-electron chi connectivity index (χ4n) is 1.85. The van der Waals surface area contributed by atoms with Crippen molar-refractivity contribution < 1.29 is 0 Å². The number of H-pyrrole nitrogens is 1. The number of amidine groups is 1. The van der Waals surface area contributed by atoms with Gasteiger partial charge in [-0.1, -0.05) is 35.5 Å². The van der Waals surface area contributed by atoms with Crippen LogP contribution >= 0.6 is 23.4 Å². The van der Waals surface area contributed by atoms with Crippen LogP contribution in [-0.2, 0) is 12.8 Å². The summed E-state index contributed by atoms with van der Waals surface area (Å²) in [4.78, 5) is 11.5. The minimum atomic E-state index is 0.661. The Morgan fingerprint density at radius 1 is 1.29 bits per heavy atom. The molecule has 0 atom stereocenters. The molecule has 0 aliphatic heterocycles. The van der Waals surface area contributed by atoms with Crippen LogP contribution in [0.5, 0.6) is 0 Å². The molecule has 1 aromatic heterocycles. The molecule has 1 heterocycles. The van der Waals surface area contributed by atoms with Gasteiger partial charge in [0.05, 0.1) is 6.33 Å². The second-order valence-electron chi connectivity index (χ2n) is 4.63. The van der Waals surface area contributed by atoms with Crippen LogP contribution in [0, 0.1) is 0 Å². The number of aliphatic imine (C=N–C) groups is 1. The molecule has 1 aromatic carbocycles. The van der Waals surface area contributed by atoms with Gasteiger partial charge in [0, 0.05) is 29.2 Å². The third-order valence-electron chi connectivity index (χ3n) is 2.98. The molecule has 6 heteroatoms. The summed E-state index contributed by atoms with van der Waals surface area (Å²) in [5, 5.41) is 1.42. The minimum Gasteiger partial charge on any atom is -0.379 e. The first kappa shape index (κ1) is 15.9. The first-order valence-corrected chi connectivity index (χ1v) is 8.25. The van der Waals surface area contributed by atoms with Crippen molar-refractivity contribution in [2.24, 2.45) is 10.7 Å². The fourth-order valence-corrected chi connectivity index (χ4v) is 2.66. The summed E-state index contributed by atoms with van der Waals surface area (Å²) in [6.45, 7) is 0.709. The van der Waals surface area contributed by atoms with Crippen LogP contribution in [0.2, 0.25) is 5.02 Å². The van der Waals surface area contributed by atoms with Gasteiger partial charge in [-0.2, -0.15) is 0 Å². The van der Waals surface area contributed by atoms with E-state index in [0.29, 0.717) is 11.7 Å². The van der Waals surface area contributed by atoms with Gasteiger partial charge in [-0.3, -0.25) is 4.99 Å². The number of thioether (sulfide) groups is 1. The Morgan fingerprint density at radius 2 is 2.10 bits per heavy atom. The fraction of sp³-hybridized carbons (Fsp3) is 0.333. The maximum absolute atomic E-state index is 5.89. The molecule has 112 valence electrons. The topological polar surface area (TPSA) is 67.1 Å². The Hall–Kier alpha value is -1.46. The van der Waals surface area contributed by atoms with E-state index in [1.54, 1.807) is 18.1 Å². The third-order valence-corrected chi connectivity index (χ3v) is 4.15. The second kappa shape index (κ2) is 8.74. The van der Waals surface area contributed by atoms with E-state index in [-0.39, 0.29) is 0 Å². The summed E-state index contributed by atoms with van der Waals surface area (Å²) in [6.07, 6.45) is 6.49. The Labute approximate surface area is 134 Å². The SMILES string of the molecule is NC(=NCCc1ccc(Cl)cc1)SCCCc1cnc[nH]1. The van der Waals surface area contributed by atoms with E-state index in [2.05, 4.69) is 15.0 Å². The number of hydrogen-bond donors (Lipinski definition) is 2. The van der Waals surface area contributed by atoms with Gasteiger partial charge in [0.25, 0.3) is 0 Å². The summed E-state index contributed by atoms with van der Waals surface area (Å²) in [5.74, 6) is 0.968. The van der Waals surface area contributed by atoms with Crippen LogP contribution in [-0.4, -0.2) is 27.4 Å². The molecule has 2 rings (SSSR count). The molecule has 0 saturated heterocycles. The lowest BCUT2D eigenvalue weighted by Gasteiger charge is -2.02. The largest absolute Gasteiger partial charge is 0.379 e. The van der Waals surface area contributed by atoms with Crippen molar-refractivity contribution in [2.75, 3.05) is 12.3 Å². The number of imidazole rings is 1. The lowest BCUT2D eigenvalue weighted by atomic mass is 10.2. The molecule has 0 radical (unpaired) electrons. The maximum Gasteiger partial charge on any atom is 0.153 e. The number of benzene rings is 1. The van der Waals surface area contributed by atoms with E-state index in [1.165, 1.54) is 5.56 Å². The zero-order valence-electron chi connectivity index (χ0n) is 11.8. The van der Waals surface area contributed by atoms with Gasteiger partial charge >= 0.3 is 0 Å². The molecule has 0 unspecified atom stereocenters. The molecule has 2 aromatic rings. The van der Waals surface area contributed by atoms with Gasteiger partial charge in [0.15, 0.2) is 5.17 Å². The van der Waals surface area contributed by atoms with E-state index >= 15 is 0 Å². The summed E-state index contributed by atoms with van der Waals surface area (Å²) in [7, 11) is 0. The summed E-state index contributed by atoms with van der Waals surface area (Å²) in [6, 6.07) is 7.83. The predicted octanol–water partition coefficient (Wildman–Crippen LogP) is 3.29. The number of hydrogen-bond acceptors (Lipinski definition) is 3. The number of aromatic amines is 1. The van der Waals surface area contributed by atoms with Crippen molar-refractivity contribution in [1.29, 1.82) is 0 Å². The monoisotopic (exact) mass is 322 g/mol. The van der Waals surface area contributed by atoms with Gasteiger partial charge in [-0.15, -0.1) is 0 Å². The normalized spacial score (nSPS) is 11.8. The molecular weight excluding hydrogens is 304 g/mol. The molecule has 0 fully saturated rings. The highest BCUT2D eigenvalue weighted by Gasteiger charge is 1.98. The lowest BCUT2D eigenvalue weighted by Crippen LogP contribution is -2.09. The van der Waals surface area contributed by atoms with Crippen LogP contribution in [0.25, 0.3) is 0 Å². The summed E-state index contributed by atoms with van der Waals surface area (Å²) in [5.41, 5.74) is 8.28. The van der Waals surface area contributed by atoms with Crippen molar-refractivity contribution in [2.45, 2.75) is 19.3 Å². The Morgan fingerprint density at radius 3 is 2.81 bits per heavy atom. The average Bonchev–Trinajstić information content (AvgIpc) is 2.99. The Balaban J connectivity index is 1.61. The molecule has 0 bridgehead atoms. The van der Waals surface area contributed by atoms with Crippen molar-refractivity contribution in [1.82, 2.24) is 9.97 Å². The minimum absolute atomic E-state index is 0.661. The van der Waals surface area contributed by atoms with Gasteiger partial charge in [-0.05, 0) is 37.0 Å². The lowest BCUT2D eigenvalue weighted by molar-refractivity contribution is 0.903. The second-order valence-corrected chi connectivity index (χ2v) is 6.18. The highest BCUT2D eigenvalue weighted by atomic mass is 35.5. The van der Waals surface area contributed by atoms with Gasteiger partial charge in [0.1, 0.15) is 0 Å².